The van der Waals surface area contributed by atoms with Gasteiger partial charge in [0.05, 0.1) is 12.1 Å². The predicted octanol–water partition coefficient (Wildman–Crippen LogP) is 1.49. The average molecular weight is 494 g/mol. The minimum absolute atomic E-state index is 0. The Morgan fingerprint density at radius 3 is 2.63 bits per heavy atom. The first-order valence-electron chi connectivity index (χ1n) is 10.2. The summed E-state index contributed by atoms with van der Waals surface area (Å²) in [5.41, 5.74) is -0.763. The van der Waals surface area contributed by atoms with Crippen LogP contribution >= 0.6 is 24.0 Å². The van der Waals surface area contributed by atoms with E-state index in [1.54, 1.807) is 0 Å². The molecule has 3 rings (SSSR count). The third-order valence-electron chi connectivity index (χ3n) is 5.84. The van der Waals surface area contributed by atoms with Crippen LogP contribution in [0.3, 0.4) is 0 Å². The summed E-state index contributed by atoms with van der Waals surface area (Å²) >= 11 is 0. The van der Waals surface area contributed by atoms with Crippen LogP contribution in [0, 0.1) is 5.92 Å². The first kappa shape index (κ1) is 22.7. The highest BCUT2D eigenvalue weighted by molar-refractivity contribution is 14.0. The van der Waals surface area contributed by atoms with Crippen LogP contribution in [0.5, 0.6) is 0 Å². The monoisotopic (exact) mass is 494 g/mol. The summed E-state index contributed by atoms with van der Waals surface area (Å²) in [6.07, 6.45) is 6.70. The van der Waals surface area contributed by atoms with Gasteiger partial charge in [-0.1, -0.05) is 12.8 Å². The Morgan fingerprint density at radius 2 is 1.96 bits per heavy atom. The zero-order chi connectivity index (χ0) is 18.4. The standard InChI is InChI=1S/C19H34N4O3.HI/c1-2-20-18(21-14-19(25)8-11-26-12-9-19)22-16-7-10-23(13-16)17(24)15-5-3-4-6-15;/h15-16,25H,2-14H2,1H3,(H2,20,21,22);1H. The van der Waals surface area contributed by atoms with Crippen molar-refractivity contribution >= 4 is 35.8 Å². The highest BCUT2D eigenvalue weighted by Gasteiger charge is 2.33. The Labute approximate surface area is 179 Å². The molecule has 1 amide bonds. The summed E-state index contributed by atoms with van der Waals surface area (Å²) in [6, 6.07) is 0.225. The molecular weight excluding hydrogens is 459 g/mol. The molecule has 1 unspecified atom stereocenters. The van der Waals surface area contributed by atoms with Gasteiger partial charge in [0.15, 0.2) is 5.96 Å². The molecule has 2 saturated heterocycles. The van der Waals surface area contributed by atoms with Crippen LogP contribution in [-0.2, 0) is 9.53 Å². The second-order valence-electron chi connectivity index (χ2n) is 7.93. The molecule has 3 N–H and O–H groups in total. The fraction of sp³-hybridized carbons (Fsp3) is 0.895. The largest absolute Gasteiger partial charge is 0.388 e. The number of aliphatic imine (C=N–C) groups is 1. The number of amides is 1. The van der Waals surface area contributed by atoms with Crippen molar-refractivity contribution in [2.75, 3.05) is 39.4 Å². The third kappa shape index (κ3) is 6.45. The number of rotatable bonds is 5. The number of halogens is 1. The van der Waals surface area contributed by atoms with E-state index in [1.165, 1.54) is 12.8 Å². The molecule has 0 radical (unpaired) electrons. The van der Waals surface area contributed by atoms with E-state index in [0.29, 0.717) is 38.5 Å². The molecule has 1 aliphatic carbocycles. The summed E-state index contributed by atoms with van der Waals surface area (Å²) in [5, 5.41) is 17.3. The number of aliphatic hydroxyl groups is 1. The number of carbonyl (C=O) groups excluding carboxylic acids is 1. The maximum Gasteiger partial charge on any atom is 0.225 e. The van der Waals surface area contributed by atoms with Crippen LogP contribution in [0.25, 0.3) is 0 Å². The SMILES string of the molecule is CCNC(=NCC1(O)CCOCC1)NC1CCN(C(=O)C2CCCC2)C1.I. The number of guanidine groups is 1. The lowest BCUT2D eigenvalue weighted by Crippen LogP contribution is -2.47. The molecule has 2 heterocycles. The third-order valence-corrected chi connectivity index (χ3v) is 5.84. The minimum Gasteiger partial charge on any atom is -0.388 e. The molecule has 0 aromatic heterocycles. The second-order valence-corrected chi connectivity index (χ2v) is 7.93. The predicted molar refractivity (Wildman–Crippen MR) is 116 cm³/mol. The fourth-order valence-electron chi connectivity index (χ4n) is 4.16. The highest BCUT2D eigenvalue weighted by atomic mass is 127. The Bertz CT molecular complexity index is 505. The van der Waals surface area contributed by atoms with Gasteiger partial charge >= 0.3 is 0 Å². The molecule has 3 fully saturated rings. The average Bonchev–Trinajstić information content (AvgIpc) is 3.32. The second kappa shape index (κ2) is 10.8. The van der Waals surface area contributed by atoms with Crippen molar-refractivity contribution in [1.82, 2.24) is 15.5 Å². The lowest BCUT2D eigenvalue weighted by Gasteiger charge is -2.30. The van der Waals surface area contributed by atoms with Crippen LogP contribution in [0.2, 0.25) is 0 Å². The van der Waals surface area contributed by atoms with E-state index in [4.69, 9.17) is 4.74 Å². The summed E-state index contributed by atoms with van der Waals surface area (Å²) in [6.45, 7) is 5.94. The minimum atomic E-state index is -0.763. The zero-order valence-electron chi connectivity index (χ0n) is 16.4. The number of nitrogens with zero attached hydrogens (tertiary/aromatic N) is 2. The van der Waals surface area contributed by atoms with Crippen molar-refractivity contribution in [2.45, 2.75) is 63.5 Å². The van der Waals surface area contributed by atoms with Gasteiger partial charge in [-0.2, -0.15) is 0 Å². The van der Waals surface area contributed by atoms with Gasteiger partial charge in [-0.3, -0.25) is 9.79 Å². The van der Waals surface area contributed by atoms with E-state index in [1.807, 2.05) is 11.8 Å². The van der Waals surface area contributed by atoms with E-state index in [2.05, 4.69) is 15.6 Å². The van der Waals surface area contributed by atoms with Crippen molar-refractivity contribution in [1.29, 1.82) is 0 Å². The van der Waals surface area contributed by atoms with Crippen LogP contribution in [-0.4, -0.2) is 72.9 Å². The van der Waals surface area contributed by atoms with Gasteiger partial charge in [0.2, 0.25) is 5.91 Å². The van der Waals surface area contributed by atoms with E-state index in [-0.39, 0.29) is 35.9 Å². The van der Waals surface area contributed by atoms with Gasteiger partial charge in [-0.05, 0) is 26.2 Å². The van der Waals surface area contributed by atoms with Gasteiger partial charge < -0.3 is 25.4 Å². The molecule has 1 saturated carbocycles. The molecule has 156 valence electrons. The lowest BCUT2D eigenvalue weighted by molar-refractivity contribution is -0.134. The number of ether oxygens (including phenoxy) is 1. The quantitative estimate of drug-likeness (QED) is 0.307. The number of hydrogen-bond acceptors (Lipinski definition) is 4. The maximum absolute atomic E-state index is 12.6. The Kier molecular flexibility index (Phi) is 9.07. The summed E-state index contributed by atoms with van der Waals surface area (Å²) < 4.78 is 5.33. The molecule has 1 atom stereocenters. The van der Waals surface area contributed by atoms with Gasteiger partial charge in [-0.25, -0.2) is 0 Å². The fourth-order valence-corrected chi connectivity index (χ4v) is 4.16. The van der Waals surface area contributed by atoms with Crippen LogP contribution in [0.1, 0.15) is 51.9 Å². The normalized spacial score (nSPS) is 25.9. The van der Waals surface area contributed by atoms with Gasteiger partial charge in [0.1, 0.15) is 0 Å². The molecule has 0 aromatic rings. The smallest absolute Gasteiger partial charge is 0.225 e. The topological polar surface area (TPSA) is 86.2 Å². The van der Waals surface area contributed by atoms with Crippen molar-refractivity contribution < 1.29 is 14.6 Å². The summed E-state index contributed by atoms with van der Waals surface area (Å²) in [4.78, 5) is 19.2. The van der Waals surface area contributed by atoms with Crippen LogP contribution in [0.15, 0.2) is 4.99 Å². The summed E-state index contributed by atoms with van der Waals surface area (Å²) in [5.74, 6) is 1.32. The van der Waals surface area contributed by atoms with Gasteiger partial charge in [-0.15, -0.1) is 24.0 Å². The molecule has 7 nitrogen and oxygen atoms in total. The number of carbonyl (C=O) groups is 1. The zero-order valence-corrected chi connectivity index (χ0v) is 18.7. The number of likely N-dealkylation sites (tertiary alicyclic amines) is 1. The number of nitrogens with one attached hydrogen (secondary N) is 2. The molecule has 0 spiro atoms. The Balaban J connectivity index is 0.00000261. The van der Waals surface area contributed by atoms with Crippen molar-refractivity contribution in [3.05, 3.63) is 0 Å². The lowest BCUT2D eigenvalue weighted by atomic mass is 9.95. The van der Waals surface area contributed by atoms with E-state index in [0.717, 1.165) is 44.9 Å². The number of hydrogen-bond donors (Lipinski definition) is 3. The van der Waals surface area contributed by atoms with E-state index < -0.39 is 5.60 Å². The van der Waals surface area contributed by atoms with Crippen LogP contribution in [0.4, 0.5) is 0 Å². The first-order chi connectivity index (χ1) is 12.6. The molecule has 2 aliphatic heterocycles. The Hall–Kier alpha value is -0.610. The summed E-state index contributed by atoms with van der Waals surface area (Å²) in [7, 11) is 0. The Morgan fingerprint density at radius 1 is 1.26 bits per heavy atom. The molecule has 27 heavy (non-hydrogen) atoms. The van der Waals surface area contributed by atoms with E-state index >= 15 is 0 Å². The van der Waals surface area contributed by atoms with Crippen molar-refractivity contribution in [3.63, 3.8) is 0 Å². The molecule has 0 bridgehead atoms. The maximum atomic E-state index is 12.6. The highest BCUT2D eigenvalue weighted by Crippen LogP contribution is 2.28. The molecule has 8 heteroatoms. The molecular formula is C19H35IN4O3. The van der Waals surface area contributed by atoms with E-state index in [9.17, 15) is 9.90 Å². The first-order valence-corrected chi connectivity index (χ1v) is 10.2. The molecule has 0 aromatic carbocycles. The van der Waals surface area contributed by atoms with Crippen molar-refractivity contribution in [3.8, 4) is 0 Å². The van der Waals surface area contributed by atoms with Crippen LogP contribution < -0.4 is 10.6 Å². The van der Waals surface area contributed by atoms with Gasteiger partial charge in [0.25, 0.3) is 0 Å². The van der Waals surface area contributed by atoms with Crippen molar-refractivity contribution in [2.24, 2.45) is 10.9 Å². The molecule has 3 aliphatic rings. The van der Waals surface area contributed by atoms with Gasteiger partial charge in [0, 0.05) is 57.6 Å².